The molecule has 1 aromatic heterocycles. The fraction of sp³-hybridized carbons (Fsp3) is 0.286. The van der Waals surface area contributed by atoms with Gasteiger partial charge >= 0.3 is 0 Å². The maximum Gasteiger partial charge on any atom is 0.270 e. The first kappa shape index (κ1) is 13.5. The number of rotatable bonds is 3. The molecule has 5 nitrogen and oxygen atoms in total. The molecule has 0 radical (unpaired) electrons. The second-order valence-corrected chi connectivity index (χ2v) is 5.26. The normalized spacial score (nSPS) is 11.9. The Morgan fingerprint density at radius 3 is 2.50 bits per heavy atom. The van der Waals surface area contributed by atoms with E-state index in [2.05, 4.69) is 9.72 Å². The van der Waals surface area contributed by atoms with E-state index in [9.17, 15) is 17.2 Å². The molecule has 1 rings (SSSR count). The lowest BCUT2D eigenvalue weighted by Crippen LogP contribution is -2.15. The van der Waals surface area contributed by atoms with Crippen LogP contribution in [-0.4, -0.2) is 20.5 Å². The molecule has 2 N–H and O–H groups in total. The van der Waals surface area contributed by atoms with E-state index in [1.165, 1.54) is 0 Å². The molecule has 1 aromatic rings. The Morgan fingerprint density at radius 1 is 1.56 bits per heavy atom. The van der Waals surface area contributed by atoms with Gasteiger partial charge in [-0.15, -0.1) is 0 Å². The van der Waals surface area contributed by atoms with Crippen LogP contribution in [0.3, 0.4) is 0 Å². The third-order valence-electron chi connectivity index (χ3n) is 1.71. The highest BCUT2D eigenvalue weighted by atomic mass is 127. The number of methoxy groups -OCH3 is 1. The van der Waals surface area contributed by atoms with Gasteiger partial charge < -0.3 is 4.74 Å². The molecule has 0 aliphatic heterocycles. The fourth-order valence-corrected chi connectivity index (χ4v) is 2.34. The molecule has 0 aromatic carbocycles. The van der Waals surface area contributed by atoms with Crippen molar-refractivity contribution in [3.05, 3.63) is 15.5 Å². The summed E-state index contributed by atoms with van der Waals surface area (Å²) in [5.41, 5.74) is -0.574. The highest BCUT2D eigenvalue weighted by Gasteiger charge is 2.26. The fourth-order valence-electron chi connectivity index (χ4n) is 1.07. The molecule has 0 saturated heterocycles. The lowest BCUT2D eigenvalue weighted by molar-refractivity contribution is 0.144. The van der Waals surface area contributed by atoms with Crippen LogP contribution in [0.25, 0.3) is 0 Å². The monoisotopic (exact) mass is 364 g/mol. The van der Waals surface area contributed by atoms with Crippen molar-refractivity contribution in [2.75, 3.05) is 7.11 Å². The van der Waals surface area contributed by atoms with Crippen molar-refractivity contribution in [2.24, 2.45) is 5.14 Å². The van der Waals surface area contributed by atoms with Crippen molar-refractivity contribution in [2.45, 2.75) is 11.3 Å². The van der Waals surface area contributed by atoms with Crippen LogP contribution in [-0.2, 0) is 10.0 Å². The third-order valence-corrected chi connectivity index (χ3v) is 3.48. The first-order valence-electron chi connectivity index (χ1n) is 3.82. The summed E-state index contributed by atoms with van der Waals surface area (Å²) < 4.78 is 52.2. The largest absolute Gasteiger partial charge is 0.495 e. The molecule has 0 fully saturated rings. The number of nitrogens with zero attached hydrogens (tertiary/aromatic N) is 1. The van der Waals surface area contributed by atoms with Crippen LogP contribution in [0.5, 0.6) is 5.75 Å². The zero-order valence-electron chi connectivity index (χ0n) is 7.95. The minimum Gasteiger partial charge on any atom is -0.495 e. The molecule has 0 aliphatic carbocycles. The minimum absolute atomic E-state index is 0.0307. The first-order valence-corrected chi connectivity index (χ1v) is 6.45. The van der Waals surface area contributed by atoms with Crippen LogP contribution in [0.4, 0.5) is 8.78 Å². The summed E-state index contributed by atoms with van der Waals surface area (Å²) in [6.07, 6.45) is -2.00. The number of sulfonamides is 1. The van der Waals surface area contributed by atoms with Gasteiger partial charge in [0.05, 0.1) is 18.9 Å². The summed E-state index contributed by atoms with van der Waals surface area (Å²) in [4.78, 5) is 2.99. The Kier molecular flexibility index (Phi) is 4.02. The summed E-state index contributed by atoms with van der Waals surface area (Å²) in [6, 6.07) is 0. The van der Waals surface area contributed by atoms with Gasteiger partial charge in [0.15, 0.2) is 5.75 Å². The van der Waals surface area contributed by atoms with Gasteiger partial charge in [-0.2, -0.15) is 0 Å². The van der Waals surface area contributed by atoms with E-state index in [1.807, 2.05) is 0 Å². The average molecular weight is 364 g/mol. The number of halogens is 3. The second kappa shape index (κ2) is 4.75. The number of aromatic nitrogens is 1. The lowest BCUT2D eigenvalue weighted by atomic mass is 10.2. The van der Waals surface area contributed by atoms with Gasteiger partial charge in [0, 0.05) is 0 Å². The highest BCUT2D eigenvalue weighted by Crippen LogP contribution is 2.36. The molecule has 0 aliphatic rings. The van der Waals surface area contributed by atoms with E-state index >= 15 is 0 Å². The molecule has 0 unspecified atom stereocenters. The quantitative estimate of drug-likeness (QED) is 0.647. The number of pyridine rings is 1. The van der Waals surface area contributed by atoms with Crippen LogP contribution < -0.4 is 9.88 Å². The van der Waals surface area contributed by atoms with Crippen molar-refractivity contribution in [1.29, 1.82) is 0 Å². The number of primary sulfonamides is 1. The van der Waals surface area contributed by atoms with Crippen molar-refractivity contribution >= 4 is 32.6 Å². The summed E-state index contributed by atoms with van der Waals surface area (Å²) in [5.74, 6) is -0.461. The molecule has 0 saturated carbocycles. The van der Waals surface area contributed by atoms with Gasteiger partial charge in [0.2, 0.25) is 10.0 Å². The number of ether oxygens (including phenoxy) is 1. The summed E-state index contributed by atoms with van der Waals surface area (Å²) in [5, 5.41) is 4.86. The first-order chi connectivity index (χ1) is 7.29. The zero-order valence-corrected chi connectivity index (χ0v) is 10.9. The minimum atomic E-state index is -4.14. The van der Waals surface area contributed by atoms with Crippen molar-refractivity contribution < 1.29 is 21.9 Å². The Morgan fingerprint density at radius 2 is 2.12 bits per heavy atom. The van der Waals surface area contributed by atoms with Gasteiger partial charge in [0.1, 0.15) is 8.60 Å². The smallest absolute Gasteiger partial charge is 0.270 e. The van der Waals surface area contributed by atoms with Crippen LogP contribution in [0, 0.1) is 3.70 Å². The molecule has 0 atom stereocenters. The Labute approximate surface area is 104 Å². The molecule has 1 heterocycles. The van der Waals surface area contributed by atoms with E-state index in [0.717, 1.165) is 13.3 Å². The highest BCUT2D eigenvalue weighted by molar-refractivity contribution is 14.1. The standard InChI is InChI=1S/C7H7F2IN2O3S/c1-15-5-3(16(11,13)14)2-12-7(10)4(5)6(8)9/h2,6H,1H3,(H2,11,13,14). The lowest BCUT2D eigenvalue weighted by Gasteiger charge is -2.12. The van der Waals surface area contributed by atoms with E-state index in [1.54, 1.807) is 22.6 Å². The molecule has 16 heavy (non-hydrogen) atoms. The van der Waals surface area contributed by atoms with E-state index in [0.29, 0.717) is 0 Å². The Hall–Kier alpha value is -0.550. The van der Waals surface area contributed by atoms with E-state index < -0.39 is 32.7 Å². The number of alkyl halides is 2. The van der Waals surface area contributed by atoms with Crippen molar-refractivity contribution in [3.8, 4) is 5.75 Å². The van der Waals surface area contributed by atoms with Gasteiger partial charge in [-0.05, 0) is 22.6 Å². The predicted octanol–water partition coefficient (Wildman–Crippen LogP) is 1.28. The Balaban J connectivity index is 3.62. The van der Waals surface area contributed by atoms with Gasteiger partial charge in [-0.25, -0.2) is 27.3 Å². The maximum atomic E-state index is 12.7. The maximum absolute atomic E-state index is 12.7. The van der Waals surface area contributed by atoms with Crippen molar-refractivity contribution in [1.82, 2.24) is 4.98 Å². The van der Waals surface area contributed by atoms with Gasteiger partial charge in [0.25, 0.3) is 6.43 Å². The predicted molar refractivity (Wildman–Crippen MR) is 59.8 cm³/mol. The molecular formula is C7H7F2IN2O3S. The van der Waals surface area contributed by atoms with Crippen LogP contribution in [0.15, 0.2) is 11.1 Å². The summed E-state index contributed by atoms with van der Waals surface area (Å²) in [7, 11) is -3.05. The molecule has 0 spiro atoms. The summed E-state index contributed by atoms with van der Waals surface area (Å²) in [6.45, 7) is 0. The van der Waals surface area contributed by atoms with E-state index in [-0.39, 0.29) is 3.70 Å². The number of nitrogens with two attached hydrogens (primary N) is 1. The second-order valence-electron chi connectivity index (χ2n) is 2.71. The molecule has 90 valence electrons. The third kappa shape index (κ3) is 2.58. The van der Waals surface area contributed by atoms with Crippen LogP contribution in [0.1, 0.15) is 12.0 Å². The molecule has 9 heteroatoms. The zero-order chi connectivity index (χ0) is 12.5. The SMILES string of the molecule is COc1c(S(N)(=O)=O)cnc(I)c1C(F)F. The molecule has 0 amide bonds. The Bertz CT molecular complexity index is 507. The van der Waals surface area contributed by atoms with Crippen LogP contribution in [0.2, 0.25) is 0 Å². The number of hydrogen-bond donors (Lipinski definition) is 1. The molecular weight excluding hydrogens is 357 g/mol. The van der Waals surface area contributed by atoms with Crippen molar-refractivity contribution in [3.63, 3.8) is 0 Å². The molecule has 0 bridgehead atoms. The van der Waals surface area contributed by atoms with Gasteiger partial charge in [-0.1, -0.05) is 0 Å². The van der Waals surface area contributed by atoms with Crippen LogP contribution >= 0.6 is 22.6 Å². The summed E-state index contributed by atoms with van der Waals surface area (Å²) >= 11 is 1.56. The number of hydrogen-bond acceptors (Lipinski definition) is 4. The topological polar surface area (TPSA) is 82.3 Å². The van der Waals surface area contributed by atoms with E-state index in [4.69, 9.17) is 5.14 Å². The average Bonchev–Trinajstić information content (AvgIpc) is 2.14. The van der Waals surface area contributed by atoms with Gasteiger partial charge in [-0.3, -0.25) is 0 Å².